The maximum atomic E-state index is 12.7. The number of hydrogen-bond donors (Lipinski definition) is 2. The van der Waals surface area contributed by atoms with Crippen LogP contribution < -0.4 is 10.6 Å². The number of urea groups is 1. The van der Waals surface area contributed by atoms with Gasteiger partial charge in [0, 0.05) is 13.1 Å². The van der Waals surface area contributed by atoms with Crippen LogP contribution in [0.15, 0.2) is 24.3 Å². The Morgan fingerprint density at radius 3 is 2.59 bits per heavy atom. The van der Waals surface area contributed by atoms with Crippen LogP contribution in [0.3, 0.4) is 0 Å². The van der Waals surface area contributed by atoms with E-state index in [0.717, 1.165) is 12.1 Å². The molecule has 1 aliphatic heterocycles. The fourth-order valence-electron chi connectivity index (χ4n) is 3.03. The molecule has 0 aromatic heterocycles. The number of benzene rings is 1. The SMILES string of the molecule is C[C@H](NC(=O)NC[C@H]1CCN(CC(F)(F)F)C1)c1cccc(C(F)(F)F)c1. The minimum atomic E-state index is -4.47. The van der Waals surface area contributed by atoms with Gasteiger partial charge < -0.3 is 10.6 Å². The highest BCUT2D eigenvalue weighted by Gasteiger charge is 2.34. The fourth-order valence-corrected chi connectivity index (χ4v) is 3.03. The molecular formula is C17H21F6N3O. The summed E-state index contributed by atoms with van der Waals surface area (Å²) in [6, 6.07) is 3.43. The molecule has 1 aromatic rings. The van der Waals surface area contributed by atoms with E-state index in [1.54, 1.807) is 6.92 Å². The van der Waals surface area contributed by atoms with Crippen molar-refractivity contribution in [3.05, 3.63) is 35.4 Å². The predicted octanol–water partition coefficient (Wildman–Crippen LogP) is 3.95. The van der Waals surface area contributed by atoms with E-state index in [1.807, 2.05) is 0 Å². The van der Waals surface area contributed by atoms with E-state index in [2.05, 4.69) is 10.6 Å². The summed E-state index contributed by atoms with van der Waals surface area (Å²) in [5, 5.41) is 5.11. The van der Waals surface area contributed by atoms with Crippen LogP contribution in [0.2, 0.25) is 0 Å². The highest BCUT2D eigenvalue weighted by molar-refractivity contribution is 5.74. The van der Waals surface area contributed by atoms with Crippen molar-refractivity contribution < 1.29 is 31.1 Å². The van der Waals surface area contributed by atoms with Gasteiger partial charge in [0.05, 0.1) is 18.2 Å². The molecular weight excluding hydrogens is 376 g/mol. The number of halogens is 6. The van der Waals surface area contributed by atoms with Crippen molar-refractivity contribution in [1.82, 2.24) is 15.5 Å². The van der Waals surface area contributed by atoms with E-state index in [9.17, 15) is 31.1 Å². The Morgan fingerprint density at radius 1 is 1.26 bits per heavy atom. The Kier molecular flexibility index (Phi) is 6.61. The molecule has 10 heteroatoms. The van der Waals surface area contributed by atoms with Crippen molar-refractivity contribution in [1.29, 1.82) is 0 Å². The third kappa shape index (κ3) is 6.93. The van der Waals surface area contributed by atoms with Gasteiger partial charge in [0.25, 0.3) is 0 Å². The van der Waals surface area contributed by atoms with Crippen LogP contribution in [0.5, 0.6) is 0 Å². The quantitative estimate of drug-likeness (QED) is 0.739. The molecule has 2 atom stereocenters. The third-order valence-corrected chi connectivity index (χ3v) is 4.39. The van der Waals surface area contributed by atoms with Crippen LogP contribution in [0.4, 0.5) is 31.1 Å². The van der Waals surface area contributed by atoms with E-state index in [-0.39, 0.29) is 19.0 Å². The standard InChI is InChI=1S/C17H21F6N3O/c1-11(13-3-2-4-14(7-13)17(21,22)23)25-15(27)24-8-12-5-6-26(9-12)10-16(18,19)20/h2-4,7,11-12H,5-6,8-10H2,1H3,(H2,24,25,27)/t11-,12+/m0/s1. The molecule has 0 radical (unpaired) electrons. The summed E-state index contributed by atoms with van der Waals surface area (Å²) in [5.74, 6) is -0.0954. The second-order valence-electron chi connectivity index (χ2n) is 6.70. The molecule has 2 amide bonds. The number of nitrogens with zero attached hydrogens (tertiary/aromatic N) is 1. The first-order valence-electron chi connectivity index (χ1n) is 8.44. The normalized spacial score (nSPS) is 19.7. The van der Waals surface area contributed by atoms with Crippen LogP contribution in [0.1, 0.15) is 30.5 Å². The van der Waals surface area contributed by atoms with Crippen LogP contribution in [0, 0.1) is 5.92 Å². The molecule has 1 aliphatic rings. The first kappa shape index (κ1) is 21.3. The second-order valence-corrected chi connectivity index (χ2v) is 6.70. The van der Waals surface area contributed by atoms with E-state index < -0.39 is 36.5 Å². The number of nitrogens with one attached hydrogen (secondary N) is 2. The highest BCUT2D eigenvalue weighted by atomic mass is 19.4. The number of rotatable bonds is 5. The molecule has 1 heterocycles. The molecule has 2 N–H and O–H groups in total. The van der Waals surface area contributed by atoms with Crippen LogP contribution in [0.25, 0.3) is 0 Å². The summed E-state index contributed by atoms with van der Waals surface area (Å²) >= 11 is 0. The van der Waals surface area contributed by atoms with E-state index in [0.29, 0.717) is 18.5 Å². The lowest BCUT2D eigenvalue weighted by atomic mass is 10.1. The molecule has 1 aromatic carbocycles. The Hall–Kier alpha value is -1.97. The van der Waals surface area contributed by atoms with Gasteiger partial charge in [-0.05, 0) is 43.5 Å². The molecule has 0 saturated carbocycles. The van der Waals surface area contributed by atoms with Crippen molar-refractivity contribution >= 4 is 6.03 Å². The maximum absolute atomic E-state index is 12.7. The molecule has 152 valence electrons. The highest BCUT2D eigenvalue weighted by Crippen LogP contribution is 2.30. The molecule has 0 unspecified atom stereocenters. The Balaban J connectivity index is 1.79. The van der Waals surface area contributed by atoms with E-state index in [4.69, 9.17) is 0 Å². The number of carbonyl (C=O) groups is 1. The van der Waals surface area contributed by atoms with Gasteiger partial charge >= 0.3 is 18.4 Å². The van der Waals surface area contributed by atoms with Gasteiger partial charge in [0.1, 0.15) is 0 Å². The third-order valence-electron chi connectivity index (χ3n) is 4.39. The maximum Gasteiger partial charge on any atom is 0.416 e. The largest absolute Gasteiger partial charge is 0.416 e. The van der Waals surface area contributed by atoms with Gasteiger partial charge in [-0.1, -0.05) is 12.1 Å². The minimum Gasteiger partial charge on any atom is -0.338 e. The summed E-state index contributed by atoms with van der Waals surface area (Å²) in [6.07, 6.45) is -8.18. The first-order valence-corrected chi connectivity index (χ1v) is 8.44. The molecule has 1 fully saturated rings. The smallest absolute Gasteiger partial charge is 0.338 e. The van der Waals surface area contributed by atoms with Crippen LogP contribution in [-0.2, 0) is 6.18 Å². The van der Waals surface area contributed by atoms with Gasteiger partial charge in [-0.3, -0.25) is 4.90 Å². The number of likely N-dealkylation sites (tertiary alicyclic amines) is 1. The summed E-state index contributed by atoms with van der Waals surface area (Å²) in [6.45, 7) is 1.34. The molecule has 2 rings (SSSR count). The molecule has 1 saturated heterocycles. The van der Waals surface area contributed by atoms with Gasteiger partial charge in [-0.15, -0.1) is 0 Å². The fraction of sp³-hybridized carbons (Fsp3) is 0.588. The molecule has 4 nitrogen and oxygen atoms in total. The lowest BCUT2D eigenvalue weighted by Gasteiger charge is -2.19. The monoisotopic (exact) mass is 397 g/mol. The summed E-state index contributed by atoms with van der Waals surface area (Å²) in [5.41, 5.74) is -0.498. The second kappa shape index (κ2) is 8.37. The van der Waals surface area contributed by atoms with Crippen molar-refractivity contribution in [2.45, 2.75) is 31.7 Å². The molecule has 0 bridgehead atoms. The van der Waals surface area contributed by atoms with Gasteiger partial charge in [-0.25, -0.2) is 4.79 Å². The number of hydrogen-bond acceptors (Lipinski definition) is 2. The molecule has 27 heavy (non-hydrogen) atoms. The average Bonchev–Trinajstić information content (AvgIpc) is 2.97. The van der Waals surface area contributed by atoms with Crippen molar-refractivity contribution in [2.24, 2.45) is 5.92 Å². The van der Waals surface area contributed by atoms with Crippen molar-refractivity contribution in [2.75, 3.05) is 26.2 Å². The van der Waals surface area contributed by atoms with Crippen molar-refractivity contribution in [3.8, 4) is 0 Å². The number of carbonyl (C=O) groups excluding carboxylic acids is 1. The minimum absolute atomic E-state index is 0.0954. The van der Waals surface area contributed by atoms with Gasteiger partial charge in [-0.2, -0.15) is 26.3 Å². The van der Waals surface area contributed by atoms with E-state index in [1.165, 1.54) is 17.0 Å². The zero-order chi connectivity index (χ0) is 20.2. The molecule has 0 aliphatic carbocycles. The summed E-state index contributed by atoms with van der Waals surface area (Å²) < 4.78 is 75.3. The lowest BCUT2D eigenvalue weighted by Crippen LogP contribution is -2.40. The summed E-state index contributed by atoms with van der Waals surface area (Å²) in [4.78, 5) is 13.2. The Morgan fingerprint density at radius 2 is 1.96 bits per heavy atom. The van der Waals surface area contributed by atoms with Crippen LogP contribution >= 0.6 is 0 Å². The number of alkyl halides is 6. The van der Waals surface area contributed by atoms with Gasteiger partial charge in [0.2, 0.25) is 0 Å². The number of amides is 2. The topological polar surface area (TPSA) is 44.4 Å². The Bertz CT molecular complexity index is 646. The van der Waals surface area contributed by atoms with Gasteiger partial charge in [0.15, 0.2) is 0 Å². The Labute approximate surface area is 152 Å². The summed E-state index contributed by atoms with van der Waals surface area (Å²) in [7, 11) is 0. The zero-order valence-electron chi connectivity index (χ0n) is 14.6. The predicted molar refractivity (Wildman–Crippen MR) is 87.0 cm³/mol. The van der Waals surface area contributed by atoms with Crippen LogP contribution in [-0.4, -0.2) is 43.3 Å². The zero-order valence-corrected chi connectivity index (χ0v) is 14.6. The van der Waals surface area contributed by atoms with Crippen molar-refractivity contribution in [3.63, 3.8) is 0 Å². The lowest BCUT2D eigenvalue weighted by molar-refractivity contribution is -0.143. The average molecular weight is 397 g/mol. The molecule has 0 spiro atoms. The first-order chi connectivity index (χ1) is 12.4. The van der Waals surface area contributed by atoms with E-state index >= 15 is 0 Å².